The van der Waals surface area contributed by atoms with Crippen LogP contribution in [0.25, 0.3) is 0 Å². The number of rotatable bonds is 5. The Labute approximate surface area is 112 Å². The van der Waals surface area contributed by atoms with Gasteiger partial charge >= 0.3 is 0 Å². The Morgan fingerprint density at radius 1 is 1.22 bits per heavy atom. The molecule has 0 aromatic rings. The zero-order valence-electron chi connectivity index (χ0n) is 12.7. The van der Waals surface area contributed by atoms with Crippen molar-refractivity contribution in [2.75, 3.05) is 6.54 Å². The third kappa shape index (κ3) is 5.38. The fraction of sp³-hybridized carbons (Fsp3) is 0.933. The zero-order chi connectivity index (χ0) is 13.8. The fourth-order valence-corrected chi connectivity index (χ4v) is 3.47. The molecule has 0 aromatic heterocycles. The molecule has 0 spiro atoms. The van der Waals surface area contributed by atoms with Gasteiger partial charge < -0.3 is 10.6 Å². The van der Waals surface area contributed by atoms with E-state index in [-0.39, 0.29) is 17.0 Å². The van der Waals surface area contributed by atoms with Gasteiger partial charge in [0.05, 0.1) is 0 Å². The molecule has 3 heteroatoms. The molecule has 0 aromatic carbocycles. The van der Waals surface area contributed by atoms with Crippen LogP contribution in [0.2, 0.25) is 0 Å². The number of hydrogen-bond acceptors (Lipinski definition) is 2. The summed E-state index contributed by atoms with van der Waals surface area (Å²) >= 11 is 0. The van der Waals surface area contributed by atoms with Gasteiger partial charge in [-0.15, -0.1) is 0 Å². The topological polar surface area (TPSA) is 41.1 Å². The number of piperidine rings is 1. The highest BCUT2D eigenvalue weighted by atomic mass is 16.1. The normalized spacial score (nSPS) is 22.7. The van der Waals surface area contributed by atoms with Crippen LogP contribution in [0.4, 0.5) is 0 Å². The van der Waals surface area contributed by atoms with Crippen molar-refractivity contribution < 1.29 is 4.79 Å². The molecule has 0 aliphatic carbocycles. The number of amides is 1. The molecule has 1 amide bonds. The molecule has 18 heavy (non-hydrogen) atoms. The van der Waals surface area contributed by atoms with Gasteiger partial charge in [0.25, 0.3) is 0 Å². The van der Waals surface area contributed by atoms with Crippen LogP contribution in [-0.4, -0.2) is 23.5 Å². The van der Waals surface area contributed by atoms with Crippen LogP contribution in [0, 0.1) is 5.92 Å². The highest BCUT2D eigenvalue weighted by Crippen LogP contribution is 2.34. The van der Waals surface area contributed by atoms with Crippen molar-refractivity contribution in [2.24, 2.45) is 5.92 Å². The van der Waals surface area contributed by atoms with Crippen molar-refractivity contribution in [3.8, 4) is 0 Å². The third-order valence-electron chi connectivity index (χ3n) is 3.63. The van der Waals surface area contributed by atoms with Crippen molar-refractivity contribution in [3.63, 3.8) is 0 Å². The fourth-order valence-electron chi connectivity index (χ4n) is 3.47. The molecule has 1 heterocycles. The standard InChI is InChI=1S/C15H30N2O/c1-6-7-13(18)16-9-8-12-10-14(2,3)17-15(4,5)11-12/h12,17H,6-11H2,1-5H3,(H,16,18). The second-order valence-corrected chi connectivity index (χ2v) is 7.06. The molecule has 0 radical (unpaired) electrons. The van der Waals surface area contributed by atoms with E-state index in [1.807, 2.05) is 6.92 Å². The maximum Gasteiger partial charge on any atom is 0.219 e. The van der Waals surface area contributed by atoms with Crippen LogP contribution in [0.1, 0.15) is 66.7 Å². The second-order valence-electron chi connectivity index (χ2n) is 7.06. The molecule has 1 rings (SSSR count). The Morgan fingerprint density at radius 3 is 2.28 bits per heavy atom. The molecule has 0 atom stereocenters. The lowest BCUT2D eigenvalue weighted by Gasteiger charge is -2.46. The van der Waals surface area contributed by atoms with Gasteiger partial charge in [0, 0.05) is 24.0 Å². The molecule has 1 saturated heterocycles. The van der Waals surface area contributed by atoms with E-state index in [1.54, 1.807) is 0 Å². The quantitative estimate of drug-likeness (QED) is 0.792. The summed E-state index contributed by atoms with van der Waals surface area (Å²) in [6.45, 7) is 12.0. The molecule has 0 saturated carbocycles. The second kappa shape index (κ2) is 6.05. The minimum atomic E-state index is 0.199. The lowest BCUT2D eigenvalue weighted by molar-refractivity contribution is -0.121. The molecule has 1 aliphatic rings. The maximum atomic E-state index is 11.4. The molecule has 0 unspecified atom stereocenters. The predicted octanol–water partition coefficient (Wildman–Crippen LogP) is 2.85. The van der Waals surface area contributed by atoms with Gasteiger partial charge in [0.2, 0.25) is 5.91 Å². The molecular weight excluding hydrogens is 224 g/mol. The van der Waals surface area contributed by atoms with Crippen molar-refractivity contribution >= 4 is 5.91 Å². The summed E-state index contributed by atoms with van der Waals surface area (Å²) in [7, 11) is 0. The minimum absolute atomic E-state index is 0.199. The number of carbonyl (C=O) groups excluding carboxylic acids is 1. The number of hydrogen-bond donors (Lipinski definition) is 2. The lowest BCUT2D eigenvalue weighted by atomic mass is 9.75. The predicted molar refractivity (Wildman–Crippen MR) is 76.6 cm³/mol. The summed E-state index contributed by atoms with van der Waals surface area (Å²) in [5.41, 5.74) is 0.416. The SMILES string of the molecule is CCCC(=O)NCCC1CC(C)(C)NC(C)(C)C1. The van der Waals surface area contributed by atoms with Crippen molar-refractivity contribution in [3.05, 3.63) is 0 Å². The Hall–Kier alpha value is -0.570. The van der Waals surface area contributed by atoms with Crippen LogP contribution < -0.4 is 10.6 Å². The average molecular weight is 254 g/mol. The van der Waals surface area contributed by atoms with Crippen molar-refractivity contribution in [2.45, 2.75) is 77.8 Å². The van der Waals surface area contributed by atoms with Gasteiger partial charge in [-0.1, -0.05) is 6.92 Å². The van der Waals surface area contributed by atoms with Crippen LogP contribution in [-0.2, 0) is 4.79 Å². The Morgan fingerprint density at radius 2 is 1.78 bits per heavy atom. The minimum Gasteiger partial charge on any atom is -0.356 e. The van der Waals surface area contributed by atoms with Crippen LogP contribution in [0.5, 0.6) is 0 Å². The first-order valence-corrected chi connectivity index (χ1v) is 7.30. The van der Waals surface area contributed by atoms with E-state index in [4.69, 9.17) is 0 Å². The Balaban J connectivity index is 2.36. The first-order chi connectivity index (χ1) is 8.24. The van der Waals surface area contributed by atoms with Crippen LogP contribution >= 0.6 is 0 Å². The third-order valence-corrected chi connectivity index (χ3v) is 3.63. The molecule has 1 fully saturated rings. The van der Waals surface area contributed by atoms with Crippen LogP contribution in [0.15, 0.2) is 0 Å². The van der Waals surface area contributed by atoms with Gasteiger partial charge in [0.1, 0.15) is 0 Å². The molecule has 1 aliphatic heterocycles. The highest BCUT2D eigenvalue weighted by Gasteiger charge is 2.37. The number of nitrogens with one attached hydrogen (secondary N) is 2. The van der Waals surface area contributed by atoms with E-state index in [2.05, 4.69) is 38.3 Å². The van der Waals surface area contributed by atoms with E-state index >= 15 is 0 Å². The van der Waals surface area contributed by atoms with E-state index in [0.717, 1.165) is 19.4 Å². The summed E-state index contributed by atoms with van der Waals surface area (Å²) in [6, 6.07) is 0. The van der Waals surface area contributed by atoms with Gasteiger partial charge in [-0.05, 0) is 59.3 Å². The monoisotopic (exact) mass is 254 g/mol. The Kier molecular flexibility index (Phi) is 5.20. The molecular formula is C15H30N2O. The Bertz CT molecular complexity index is 268. The highest BCUT2D eigenvalue weighted by molar-refractivity contribution is 5.75. The first kappa shape index (κ1) is 15.5. The van der Waals surface area contributed by atoms with E-state index < -0.39 is 0 Å². The summed E-state index contributed by atoms with van der Waals surface area (Å²) in [4.78, 5) is 11.4. The van der Waals surface area contributed by atoms with Crippen LogP contribution in [0.3, 0.4) is 0 Å². The van der Waals surface area contributed by atoms with Crippen molar-refractivity contribution in [1.29, 1.82) is 0 Å². The summed E-state index contributed by atoms with van der Waals surface area (Å²) < 4.78 is 0. The maximum absolute atomic E-state index is 11.4. The van der Waals surface area contributed by atoms with Crippen molar-refractivity contribution in [1.82, 2.24) is 10.6 Å². The van der Waals surface area contributed by atoms with Gasteiger partial charge in [-0.25, -0.2) is 0 Å². The molecule has 0 bridgehead atoms. The largest absolute Gasteiger partial charge is 0.356 e. The average Bonchev–Trinajstić information content (AvgIpc) is 2.12. The zero-order valence-corrected chi connectivity index (χ0v) is 12.7. The smallest absolute Gasteiger partial charge is 0.219 e. The van der Waals surface area contributed by atoms with E-state index in [1.165, 1.54) is 12.8 Å². The van der Waals surface area contributed by atoms with E-state index in [9.17, 15) is 4.79 Å². The lowest BCUT2D eigenvalue weighted by Crippen LogP contribution is -2.58. The summed E-state index contributed by atoms with van der Waals surface area (Å²) in [5, 5.41) is 6.72. The van der Waals surface area contributed by atoms with Gasteiger partial charge in [-0.2, -0.15) is 0 Å². The van der Waals surface area contributed by atoms with Gasteiger partial charge in [0.15, 0.2) is 0 Å². The first-order valence-electron chi connectivity index (χ1n) is 7.30. The molecule has 2 N–H and O–H groups in total. The van der Waals surface area contributed by atoms with E-state index in [0.29, 0.717) is 12.3 Å². The molecule has 106 valence electrons. The summed E-state index contributed by atoms with van der Waals surface area (Å²) in [6.07, 6.45) is 5.08. The summed E-state index contributed by atoms with van der Waals surface area (Å²) in [5.74, 6) is 0.906. The molecule has 3 nitrogen and oxygen atoms in total. The van der Waals surface area contributed by atoms with Gasteiger partial charge in [-0.3, -0.25) is 4.79 Å². The number of carbonyl (C=O) groups is 1.